The molecule has 0 aromatic heterocycles. The quantitative estimate of drug-likeness (QED) is 0.625. The van der Waals surface area contributed by atoms with Gasteiger partial charge in [0.1, 0.15) is 0 Å². The predicted octanol–water partition coefficient (Wildman–Crippen LogP) is 0.205. The molecule has 4 rings (SSSR count). The fourth-order valence-electron chi connectivity index (χ4n) is 3.35. The van der Waals surface area contributed by atoms with E-state index in [2.05, 4.69) is 10.8 Å². The molecule has 0 radical (unpaired) electrons. The zero-order chi connectivity index (χ0) is 16.5. The monoisotopic (exact) mass is 361 g/mol. The van der Waals surface area contributed by atoms with Gasteiger partial charge in [-0.25, -0.2) is 13.1 Å². The first kappa shape index (κ1) is 17.1. The van der Waals surface area contributed by atoms with Crippen LogP contribution in [0.4, 0.5) is 0 Å². The minimum atomic E-state index is -3.12. The summed E-state index contributed by atoms with van der Waals surface area (Å²) in [5.41, 5.74) is 0. The van der Waals surface area contributed by atoms with Crippen molar-refractivity contribution in [3.05, 3.63) is 24.3 Å². The Balaban J connectivity index is 0.000000136. The lowest BCUT2D eigenvalue weighted by Crippen LogP contribution is -2.46. The van der Waals surface area contributed by atoms with Gasteiger partial charge >= 0.3 is 0 Å². The molecule has 0 amide bonds. The minimum Gasteiger partial charge on any atom is -0.212 e. The molecule has 0 bridgehead atoms. The molecule has 4 aliphatic rings. The zero-order valence-corrected chi connectivity index (χ0v) is 14.6. The van der Waals surface area contributed by atoms with Gasteiger partial charge in [-0.1, -0.05) is 24.3 Å². The Morgan fingerprint density at radius 3 is 2.22 bits per heavy atom. The lowest BCUT2D eigenvalue weighted by Gasteiger charge is -2.34. The van der Waals surface area contributed by atoms with Crippen LogP contribution >= 0.6 is 0 Å². The van der Waals surface area contributed by atoms with Crippen molar-refractivity contribution in [1.29, 1.82) is 0 Å². The Morgan fingerprint density at radius 2 is 1.57 bits per heavy atom. The Morgan fingerprint density at radius 1 is 0.913 bits per heavy atom. The van der Waals surface area contributed by atoms with Crippen molar-refractivity contribution in [2.75, 3.05) is 25.4 Å². The van der Waals surface area contributed by atoms with Crippen molar-refractivity contribution in [1.82, 2.24) is 13.3 Å². The molecule has 0 saturated carbocycles. The van der Waals surface area contributed by atoms with Gasteiger partial charge in [-0.15, -0.1) is 0 Å². The number of nitrogens with one attached hydrogen (secondary N) is 1. The van der Waals surface area contributed by atoms with Crippen molar-refractivity contribution in [3.63, 3.8) is 0 Å². The number of sulfonamides is 1. The molecule has 0 aromatic carbocycles. The first-order valence-electron chi connectivity index (χ1n) is 7.99. The van der Waals surface area contributed by atoms with E-state index < -0.39 is 20.2 Å². The van der Waals surface area contributed by atoms with Gasteiger partial charge in [0.25, 0.3) is 10.2 Å². The third-order valence-electron chi connectivity index (χ3n) is 4.53. The SMILES string of the molecule is O=S1(=O)CCCC2C=CCCN21.O=S1(=O)NCC2C=CCCN21. The number of hydrogen-bond acceptors (Lipinski definition) is 4. The number of nitrogens with zero attached hydrogens (tertiary/aromatic N) is 2. The van der Waals surface area contributed by atoms with Gasteiger partial charge in [-0.05, 0) is 25.7 Å². The van der Waals surface area contributed by atoms with Crippen LogP contribution < -0.4 is 4.72 Å². The molecular weight excluding hydrogens is 338 g/mol. The Bertz CT molecular complexity index is 700. The highest BCUT2D eigenvalue weighted by Crippen LogP contribution is 2.24. The minimum absolute atomic E-state index is 0.0637. The topological polar surface area (TPSA) is 86.8 Å². The number of fused-ring (bicyclic) bond motifs is 2. The van der Waals surface area contributed by atoms with Crippen molar-refractivity contribution in [3.8, 4) is 0 Å². The van der Waals surface area contributed by atoms with E-state index in [1.807, 2.05) is 18.2 Å². The van der Waals surface area contributed by atoms with Crippen LogP contribution in [0, 0.1) is 0 Å². The third kappa shape index (κ3) is 3.69. The summed E-state index contributed by atoms with van der Waals surface area (Å²) in [4.78, 5) is 0. The van der Waals surface area contributed by atoms with Crippen LogP contribution in [0.5, 0.6) is 0 Å². The van der Waals surface area contributed by atoms with Gasteiger partial charge < -0.3 is 0 Å². The van der Waals surface area contributed by atoms with Crippen molar-refractivity contribution in [2.24, 2.45) is 0 Å². The van der Waals surface area contributed by atoms with Crippen LogP contribution in [0.15, 0.2) is 24.3 Å². The molecule has 130 valence electrons. The average molecular weight is 361 g/mol. The summed E-state index contributed by atoms with van der Waals surface area (Å²) in [5, 5.41) is 0. The average Bonchev–Trinajstić information content (AvgIpc) is 2.84. The zero-order valence-electron chi connectivity index (χ0n) is 13.0. The summed E-state index contributed by atoms with van der Waals surface area (Å²) >= 11 is 0. The highest BCUT2D eigenvalue weighted by molar-refractivity contribution is 7.89. The molecular formula is C14H23N3O4S2. The Hall–Kier alpha value is -0.740. The molecule has 2 unspecified atom stereocenters. The second-order valence-corrected chi connectivity index (χ2v) is 9.85. The van der Waals surface area contributed by atoms with Crippen LogP contribution in [0.2, 0.25) is 0 Å². The lowest BCUT2D eigenvalue weighted by atomic mass is 10.1. The molecule has 9 heteroatoms. The summed E-state index contributed by atoms with van der Waals surface area (Å²) in [6.45, 7) is 1.83. The fourth-order valence-corrected chi connectivity index (χ4v) is 6.49. The molecule has 1 N–H and O–H groups in total. The maximum Gasteiger partial charge on any atom is 0.280 e. The second kappa shape index (κ2) is 6.64. The van der Waals surface area contributed by atoms with E-state index in [0.29, 0.717) is 25.4 Å². The van der Waals surface area contributed by atoms with Crippen LogP contribution in [0.3, 0.4) is 0 Å². The maximum atomic E-state index is 11.5. The molecule has 2 saturated heterocycles. The van der Waals surface area contributed by atoms with E-state index in [4.69, 9.17) is 0 Å². The molecule has 2 fully saturated rings. The predicted molar refractivity (Wildman–Crippen MR) is 88.4 cm³/mol. The fraction of sp³-hybridized carbons (Fsp3) is 0.714. The second-order valence-electron chi connectivity index (χ2n) is 6.10. The van der Waals surface area contributed by atoms with Gasteiger partial charge in [0.15, 0.2) is 0 Å². The maximum absolute atomic E-state index is 11.5. The summed E-state index contributed by atoms with van der Waals surface area (Å²) in [7, 11) is -6.02. The van der Waals surface area contributed by atoms with Gasteiger partial charge in [0, 0.05) is 25.7 Å². The van der Waals surface area contributed by atoms with Gasteiger partial charge in [0.2, 0.25) is 10.0 Å². The summed E-state index contributed by atoms with van der Waals surface area (Å²) in [6, 6.07) is 0.228. The van der Waals surface area contributed by atoms with Crippen LogP contribution in [0.1, 0.15) is 25.7 Å². The molecule has 4 aliphatic heterocycles. The molecule has 23 heavy (non-hydrogen) atoms. The highest BCUT2D eigenvalue weighted by atomic mass is 32.2. The van der Waals surface area contributed by atoms with Crippen molar-refractivity contribution in [2.45, 2.75) is 37.8 Å². The third-order valence-corrected chi connectivity index (χ3v) is 8.11. The van der Waals surface area contributed by atoms with Gasteiger partial charge in [0.05, 0.1) is 11.8 Å². The lowest BCUT2D eigenvalue weighted by molar-refractivity contribution is 0.320. The first-order chi connectivity index (χ1) is 10.9. The molecule has 0 aliphatic carbocycles. The van der Waals surface area contributed by atoms with Crippen LogP contribution in [0.25, 0.3) is 0 Å². The Labute approximate surface area is 138 Å². The normalized spacial score (nSPS) is 35.0. The van der Waals surface area contributed by atoms with E-state index in [0.717, 1.165) is 25.7 Å². The smallest absolute Gasteiger partial charge is 0.212 e. The Kier molecular flexibility index (Phi) is 4.93. The summed E-state index contributed by atoms with van der Waals surface area (Å²) < 4.78 is 51.0. The van der Waals surface area contributed by atoms with E-state index in [1.165, 1.54) is 4.31 Å². The summed E-state index contributed by atoms with van der Waals surface area (Å²) in [5.74, 6) is 0.345. The van der Waals surface area contributed by atoms with Gasteiger partial charge in [-0.3, -0.25) is 0 Å². The van der Waals surface area contributed by atoms with E-state index in [1.54, 1.807) is 4.31 Å². The summed E-state index contributed by atoms with van der Waals surface area (Å²) in [6.07, 6.45) is 11.6. The molecule has 4 heterocycles. The van der Waals surface area contributed by atoms with Crippen LogP contribution in [-0.4, -0.2) is 62.9 Å². The van der Waals surface area contributed by atoms with Crippen molar-refractivity contribution >= 4 is 20.2 Å². The molecule has 0 aromatic rings. The van der Waals surface area contributed by atoms with E-state index in [-0.39, 0.29) is 12.1 Å². The number of rotatable bonds is 0. The van der Waals surface area contributed by atoms with Crippen molar-refractivity contribution < 1.29 is 16.8 Å². The highest BCUT2D eigenvalue weighted by Gasteiger charge is 2.36. The van der Waals surface area contributed by atoms with E-state index >= 15 is 0 Å². The number of hydrogen-bond donors (Lipinski definition) is 1. The standard InChI is InChI=1S/C8H13NO2S.C6H10N2O2S/c10-12(11)7-3-5-8-4-1-2-6-9(8)12;9-11(10)7-5-6-3-1-2-4-8(6)11/h1,4,8H,2-3,5-7H2;1,3,6-7H,2,4-5H2. The van der Waals surface area contributed by atoms with Gasteiger partial charge in [-0.2, -0.15) is 17.0 Å². The van der Waals surface area contributed by atoms with E-state index in [9.17, 15) is 16.8 Å². The van der Waals surface area contributed by atoms with Crippen LogP contribution in [-0.2, 0) is 20.2 Å². The molecule has 7 nitrogen and oxygen atoms in total. The molecule has 0 spiro atoms. The first-order valence-corrected chi connectivity index (χ1v) is 11.0. The molecule has 2 atom stereocenters. The largest absolute Gasteiger partial charge is 0.280 e.